The van der Waals surface area contributed by atoms with Crippen molar-refractivity contribution in [3.05, 3.63) is 63.0 Å². The van der Waals surface area contributed by atoms with Crippen LogP contribution in [0, 0.1) is 0 Å². The van der Waals surface area contributed by atoms with Crippen LogP contribution >= 0.6 is 11.3 Å². The van der Waals surface area contributed by atoms with E-state index in [0.29, 0.717) is 35.4 Å². The molecule has 0 bridgehead atoms. The van der Waals surface area contributed by atoms with Crippen LogP contribution in [0.4, 0.5) is 0 Å². The number of carbonyl (C=O) groups is 1. The van der Waals surface area contributed by atoms with Crippen LogP contribution in [-0.2, 0) is 24.2 Å². The molecule has 1 amide bonds. The van der Waals surface area contributed by atoms with Crippen LogP contribution in [0.5, 0.6) is 0 Å². The number of thiophene rings is 1. The van der Waals surface area contributed by atoms with Gasteiger partial charge < -0.3 is 9.88 Å². The lowest BCUT2D eigenvalue weighted by atomic mass is 10.1. The minimum absolute atomic E-state index is 0.0348. The minimum atomic E-state index is -0.146. The van der Waals surface area contributed by atoms with Crippen LogP contribution in [0.1, 0.15) is 30.3 Å². The fraction of sp³-hybridized carbons (Fsp3) is 0.316. The second-order valence-electron chi connectivity index (χ2n) is 6.07. The molecule has 3 aromatic rings. The zero-order chi connectivity index (χ0) is 17.8. The molecule has 0 unspecified atom stereocenters. The number of carbonyl (C=O) groups excluding carboxylic acids is 1. The molecule has 0 aliphatic rings. The summed E-state index contributed by atoms with van der Waals surface area (Å²) in [7, 11) is 1.74. The topological polar surface area (TPSA) is 66.1 Å². The van der Waals surface area contributed by atoms with Gasteiger partial charge in [-0.15, -0.1) is 11.3 Å². The van der Waals surface area contributed by atoms with Gasteiger partial charge in [-0.05, 0) is 35.4 Å². The van der Waals surface area contributed by atoms with E-state index in [-0.39, 0.29) is 11.5 Å². The van der Waals surface area contributed by atoms with Crippen molar-refractivity contribution in [3.8, 4) is 0 Å². The van der Waals surface area contributed by atoms with Gasteiger partial charge in [-0.3, -0.25) is 9.59 Å². The second kappa shape index (κ2) is 7.61. The predicted octanol–water partition coefficient (Wildman–Crippen LogP) is 3.14. The molecule has 1 aromatic carbocycles. The lowest BCUT2D eigenvalue weighted by Crippen LogP contribution is -2.28. The van der Waals surface area contributed by atoms with Gasteiger partial charge in [-0.25, -0.2) is 4.98 Å². The van der Waals surface area contributed by atoms with E-state index in [0.717, 1.165) is 12.0 Å². The molecule has 3 rings (SSSR count). The van der Waals surface area contributed by atoms with E-state index in [1.165, 1.54) is 16.9 Å². The van der Waals surface area contributed by atoms with Gasteiger partial charge >= 0.3 is 0 Å². The van der Waals surface area contributed by atoms with E-state index in [1.54, 1.807) is 11.9 Å². The highest BCUT2D eigenvalue weighted by molar-refractivity contribution is 7.17. The fourth-order valence-corrected chi connectivity index (χ4v) is 3.42. The third kappa shape index (κ3) is 4.14. The molecule has 0 saturated carbocycles. The molecule has 6 heteroatoms. The van der Waals surface area contributed by atoms with Gasteiger partial charge in [0.2, 0.25) is 5.91 Å². The number of aromatic amines is 1. The van der Waals surface area contributed by atoms with Gasteiger partial charge in [-0.1, -0.05) is 31.2 Å². The SMILES string of the molecule is CCc1ccc(CCC(=O)N(C)Cc2nc3ccsc3c(=O)[nH]2)cc1. The lowest BCUT2D eigenvalue weighted by molar-refractivity contribution is -0.130. The van der Waals surface area contributed by atoms with Crippen LogP contribution in [0.25, 0.3) is 10.2 Å². The Bertz CT molecular complexity index is 928. The first-order valence-corrected chi connectivity index (χ1v) is 9.23. The van der Waals surface area contributed by atoms with Crippen molar-refractivity contribution in [3.63, 3.8) is 0 Å². The third-order valence-electron chi connectivity index (χ3n) is 4.24. The fourth-order valence-electron chi connectivity index (χ4n) is 2.69. The Balaban J connectivity index is 1.60. The Morgan fingerprint density at radius 3 is 2.64 bits per heavy atom. The molecule has 0 atom stereocenters. The molecule has 0 saturated heterocycles. The highest BCUT2D eigenvalue weighted by Crippen LogP contribution is 2.14. The smallest absolute Gasteiger partial charge is 0.268 e. The number of aryl methyl sites for hydroxylation is 2. The van der Waals surface area contributed by atoms with Gasteiger partial charge in [0.05, 0.1) is 12.1 Å². The summed E-state index contributed by atoms with van der Waals surface area (Å²) in [6.07, 6.45) is 2.16. The summed E-state index contributed by atoms with van der Waals surface area (Å²) < 4.78 is 0.619. The van der Waals surface area contributed by atoms with Crippen molar-refractivity contribution in [2.45, 2.75) is 32.7 Å². The molecule has 2 aromatic heterocycles. The summed E-state index contributed by atoms with van der Waals surface area (Å²) in [5.74, 6) is 0.548. The van der Waals surface area contributed by atoms with E-state index in [9.17, 15) is 9.59 Å². The summed E-state index contributed by atoms with van der Waals surface area (Å²) in [5, 5.41) is 1.84. The van der Waals surface area contributed by atoms with Crippen LogP contribution in [0.3, 0.4) is 0 Å². The van der Waals surface area contributed by atoms with Crippen molar-refractivity contribution in [2.75, 3.05) is 7.05 Å². The van der Waals surface area contributed by atoms with Crippen molar-refractivity contribution in [1.29, 1.82) is 0 Å². The first-order valence-electron chi connectivity index (χ1n) is 8.35. The van der Waals surface area contributed by atoms with E-state index >= 15 is 0 Å². The van der Waals surface area contributed by atoms with Crippen molar-refractivity contribution in [2.24, 2.45) is 0 Å². The number of aromatic nitrogens is 2. The van der Waals surface area contributed by atoms with Crippen LogP contribution < -0.4 is 5.56 Å². The third-order valence-corrected chi connectivity index (χ3v) is 5.14. The molecular weight excluding hydrogens is 334 g/mol. The number of hydrogen-bond acceptors (Lipinski definition) is 4. The molecule has 0 radical (unpaired) electrons. The van der Waals surface area contributed by atoms with Crippen molar-refractivity contribution < 1.29 is 4.79 Å². The summed E-state index contributed by atoms with van der Waals surface area (Å²) >= 11 is 1.37. The molecule has 2 heterocycles. The lowest BCUT2D eigenvalue weighted by Gasteiger charge is -2.16. The molecular formula is C19H21N3O2S. The number of nitrogens with zero attached hydrogens (tertiary/aromatic N) is 2. The number of nitrogens with one attached hydrogen (secondary N) is 1. The molecule has 130 valence electrons. The average Bonchev–Trinajstić information content (AvgIpc) is 3.09. The maximum Gasteiger partial charge on any atom is 0.268 e. The number of hydrogen-bond donors (Lipinski definition) is 1. The molecule has 1 N–H and O–H groups in total. The van der Waals surface area contributed by atoms with Crippen molar-refractivity contribution in [1.82, 2.24) is 14.9 Å². The monoisotopic (exact) mass is 355 g/mol. The number of amides is 1. The van der Waals surface area contributed by atoms with Gasteiger partial charge in [0.1, 0.15) is 10.5 Å². The molecule has 5 nitrogen and oxygen atoms in total. The average molecular weight is 355 g/mol. The maximum absolute atomic E-state index is 12.4. The number of fused-ring (bicyclic) bond motifs is 1. The van der Waals surface area contributed by atoms with Crippen LogP contribution in [-0.4, -0.2) is 27.8 Å². The normalized spacial score (nSPS) is 11.0. The number of H-pyrrole nitrogens is 1. The Labute approximate surface area is 150 Å². The summed E-state index contributed by atoms with van der Waals surface area (Å²) in [5.41, 5.74) is 2.99. The second-order valence-corrected chi connectivity index (χ2v) is 6.98. The van der Waals surface area contributed by atoms with Crippen LogP contribution in [0.2, 0.25) is 0 Å². The van der Waals surface area contributed by atoms with E-state index < -0.39 is 0 Å². The van der Waals surface area contributed by atoms with Gasteiger partial charge in [0, 0.05) is 13.5 Å². The number of rotatable bonds is 6. The summed E-state index contributed by atoms with van der Waals surface area (Å²) in [6.45, 7) is 2.42. The Hall–Kier alpha value is -2.47. The Kier molecular flexibility index (Phi) is 5.28. The maximum atomic E-state index is 12.4. The molecule has 0 spiro atoms. The quantitative estimate of drug-likeness (QED) is 0.739. The first-order chi connectivity index (χ1) is 12.1. The highest BCUT2D eigenvalue weighted by atomic mass is 32.1. The highest BCUT2D eigenvalue weighted by Gasteiger charge is 2.12. The first kappa shape index (κ1) is 17.4. The van der Waals surface area contributed by atoms with E-state index in [4.69, 9.17) is 0 Å². The zero-order valence-electron chi connectivity index (χ0n) is 14.4. The largest absolute Gasteiger partial charge is 0.338 e. The summed E-state index contributed by atoms with van der Waals surface area (Å²) in [4.78, 5) is 33.1. The molecule has 25 heavy (non-hydrogen) atoms. The molecule has 0 aliphatic carbocycles. The van der Waals surface area contributed by atoms with Crippen LogP contribution in [0.15, 0.2) is 40.5 Å². The minimum Gasteiger partial charge on any atom is -0.338 e. The Morgan fingerprint density at radius 2 is 1.92 bits per heavy atom. The van der Waals surface area contributed by atoms with Gasteiger partial charge in [0.15, 0.2) is 0 Å². The van der Waals surface area contributed by atoms with E-state index in [1.807, 2.05) is 11.4 Å². The van der Waals surface area contributed by atoms with Gasteiger partial charge in [-0.2, -0.15) is 0 Å². The zero-order valence-corrected chi connectivity index (χ0v) is 15.2. The van der Waals surface area contributed by atoms with Crippen molar-refractivity contribution >= 4 is 27.5 Å². The van der Waals surface area contributed by atoms with Gasteiger partial charge in [0.25, 0.3) is 5.56 Å². The summed E-state index contributed by atoms with van der Waals surface area (Å²) in [6, 6.07) is 10.2. The predicted molar refractivity (Wildman–Crippen MR) is 101 cm³/mol. The molecule has 0 aliphatic heterocycles. The molecule has 0 fully saturated rings. The van der Waals surface area contributed by atoms with E-state index in [2.05, 4.69) is 41.2 Å². The standard InChI is InChI=1S/C19H21N3O2S/c1-3-13-4-6-14(7-5-13)8-9-17(23)22(2)12-16-20-15-10-11-25-18(15)19(24)21-16/h4-7,10-11H,3,8-9,12H2,1-2H3,(H,20,21,24). The number of benzene rings is 1. The Morgan fingerprint density at radius 1 is 1.20 bits per heavy atom.